The Balaban J connectivity index is 1.97. The lowest BCUT2D eigenvalue weighted by atomic mass is 10.2. The summed E-state index contributed by atoms with van der Waals surface area (Å²) in [5, 5.41) is 7.25. The van der Waals surface area contributed by atoms with Crippen molar-refractivity contribution in [3.8, 4) is 21.8 Å². The predicted octanol–water partition coefficient (Wildman–Crippen LogP) is 3.28. The quantitative estimate of drug-likeness (QED) is 0.743. The Labute approximate surface area is 115 Å². The Bertz CT molecular complexity index is 699. The summed E-state index contributed by atoms with van der Waals surface area (Å²) in [4.78, 5) is 4.64. The van der Waals surface area contributed by atoms with E-state index in [1.54, 1.807) is 11.3 Å². The van der Waals surface area contributed by atoms with Gasteiger partial charge in [-0.25, -0.2) is 4.98 Å². The van der Waals surface area contributed by atoms with Crippen LogP contribution in [-0.2, 0) is 6.54 Å². The van der Waals surface area contributed by atoms with Gasteiger partial charge in [0.2, 0.25) is 0 Å². The largest absolute Gasteiger partial charge is 0.398 e. The second-order valence-corrected chi connectivity index (χ2v) is 5.07. The zero-order valence-corrected chi connectivity index (χ0v) is 11.4. The average molecular weight is 270 g/mol. The second-order valence-electron chi connectivity index (χ2n) is 4.21. The Hall–Kier alpha value is -2.14. The van der Waals surface area contributed by atoms with Gasteiger partial charge in [-0.15, -0.1) is 11.3 Å². The summed E-state index contributed by atoms with van der Waals surface area (Å²) in [5.74, 6) is 0. The van der Waals surface area contributed by atoms with Crippen LogP contribution in [0.3, 0.4) is 0 Å². The smallest absolute Gasteiger partial charge is 0.126 e. The minimum Gasteiger partial charge on any atom is -0.398 e. The SMILES string of the molecule is CCn1cc(-c2csc(-c3ccccc3N)n2)cn1. The Morgan fingerprint density at radius 1 is 1.32 bits per heavy atom. The number of para-hydroxylation sites is 1. The summed E-state index contributed by atoms with van der Waals surface area (Å²) in [6.07, 6.45) is 3.85. The van der Waals surface area contributed by atoms with E-state index in [4.69, 9.17) is 5.73 Å². The molecule has 4 nitrogen and oxygen atoms in total. The highest BCUT2D eigenvalue weighted by atomic mass is 32.1. The Morgan fingerprint density at radius 3 is 2.89 bits per heavy atom. The standard InChI is InChI=1S/C14H14N4S/c1-2-18-8-10(7-16-18)13-9-19-14(17-13)11-5-3-4-6-12(11)15/h3-9H,2,15H2,1H3. The second kappa shape index (κ2) is 4.85. The van der Waals surface area contributed by atoms with Crippen molar-refractivity contribution in [1.29, 1.82) is 0 Å². The van der Waals surface area contributed by atoms with Crippen LogP contribution < -0.4 is 5.73 Å². The van der Waals surface area contributed by atoms with Crippen molar-refractivity contribution in [3.63, 3.8) is 0 Å². The van der Waals surface area contributed by atoms with Crippen LogP contribution in [0, 0.1) is 0 Å². The van der Waals surface area contributed by atoms with Crippen molar-refractivity contribution in [2.75, 3.05) is 5.73 Å². The number of hydrogen-bond donors (Lipinski definition) is 1. The van der Waals surface area contributed by atoms with Gasteiger partial charge in [0.15, 0.2) is 0 Å². The molecule has 0 radical (unpaired) electrons. The molecule has 3 aromatic rings. The molecule has 0 aliphatic heterocycles. The van der Waals surface area contributed by atoms with E-state index in [-0.39, 0.29) is 0 Å². The normalized spacial score (nSPS) is 10.8. The number of rotatable bonds is 3. The Kier molecular flexibility index (Phi) is 3.05. The number of benzene rings is 1. The average Bonchev–Trinajstić information content (AvgIpc) is 3.08. The minimum absolute atomic E-state index is 0.757. The van der Waals surface area contributed by atoms with E-state index in [0.717, 1.165) is 34.1 Å². The molecule has 3 rings (SSSR count). The molecule has 2 heterocycles. The van der Waals surface area contributed by atoms with E-state index in [0.29, 0.717) is 0 Å². The fourth-order valence-electron chi connectivity index (χ4n) is 1.89. The number of nitrogen functional groups attached to an aromatic ring is 1. The third-order valence-electron chi connectivity index (χ3n) is 2.95. The molecule has 96 valence electrons. The number of hydrogen-bond acceptors (Lipinski definition) is 4. The molecule has 0 unspecified atom stereocenters. The first-order valence-corrected chi connectivity index (χ1v) is 6.99. The molecular formula is C14H14N4S. The summed E-state index contributed by atoms with van der Waals surface area (Å²) >= 11 is 1.60. The van der Waals surface area contributed by atoms with Crippen LogP contribution in [0.4, 0.5) is 5.69 Å². The van der Waals surface area contributed by atoms with Crippen molar-refractivity contribution in [1.82, 2.24) is 14.8 Å². The van der Waals surface area contributed by atoms with Gasteiger partial charge in [-0.1, -0.05) is 12.1 Å². The predicted molar refractivity (Wildman–Crippen MR) is 78.9 cm³/mol. The van der Waals surface area contributed by atoms with Crippen LogP contribution in [-0.4, -0.2) is 14.8 Å². The van der Waals surface area contributed by atoms with Crippen molar-refractivity contribution >= 4 is 17.0 Å². The highest BCUT2D eigenvalue weighted by Gasteiger charge is 2.10. The van der Waals surface area contributed by atoms with Crippen LogP contribution in [0.25, 0.3) is 21.8 Å². The van der Waals surface area contributed by atoms with E-state index in [1.165, 1.54) is 0 Å². The number of aryl methyl sites for hydroxylation is 1. The monoisotopic (exact) mass is 270 g/mol. The molecule has 0 spiro atoms. The number of thiazole rings is 1. The van der Waals surface area contributed by atoms with Crippen molar-refractivity contribution in [3.05, 3.63) is 42.0 Å². The van der Waals surface area contributed by atoms with E-state index >= 15 is 0 Å². The van der Waals surface area contributed by atoms with E-state index in [9.17, 15) is 0 Å². The first kappa shape index (κ1) is 11.9. The summed E-state index contributed by atoms with van der Waals surface area (Å²) in [6, 6.07) is 7.79. The number of nitrogens with two attached hydrogens (primary N) is 1. The zero-order valence-electron chi connectivity index (χ0n) is 10.6. The van der Waals surface area contributed by atoms with E-state index in [1.807, 2.05) is 46.7 Å². The molecule has 19 heavy (non-hydrogen) atoms. The molecule has 0 bridgehead atoms. The molecular weight excluding hydrogens is 256 g/mol. The highest BCUT2D eigenvalue weighted by molar-refractivity contribution is 7.13. The van der Waals surface area contributed by atoms with Gasteiger partial charge in [-0.05, 0) is 19.1 Å². The molecule has 0 atom stereocenters. The van der Waals surface area contributed by atoms with Crippen LogP contribution in [0.15, 0.2) is 42.0 Å². The molecule has 0 saturated heterocycles. The maximum Gasteiger partial charge on any atom is 0.126 e. The molecule has 0 amide bonds. The van der Waals surface area contributed by atoms with Crippen LogP contribution in [0.5, 0.6) is 0 Å². The molecule has 0 saturated carbocycles. The van der Waals surface area contributed by atoms with E-state index < -0.39 is 0 Å². The Morgan fingerprint density at radius 2 is 2.16 bits per heavy atom. The van der Waals surface area contributed by atoms with Gasteiger partial charge < -0.3 is 5.73 Å². The lowest BCUT2D eigenvalue weighted by Gasteiger charge is -2.00. The van der Waals surface area contributed by atoms with Crippen molar-refractivity contribution < 1.29 is 0 Å². The van der Waals surface area contributed by atoms with Gasteiger partial charge in [-0.2, -0.15) is 5.10 Å². The fraction of sp³-hybridized carbons (Fsp3) is 0.143. The molecule has 0 aliphatic carbocycles. The summed E-state index contributed by atoms with van der Waals surface area (Å²) < 4.78 is 1.89. The maximum atomic E-state index is 5.98. The summed E-state index contributed by atoms with van der Waals surface area (Å²) in [5.41, 5.74) is 9.71. The zero-order chi connectivity index (χ0) is 13.2. The lowest BCUT2D eigenvalue weighted by Crippen LogP contribution is -1.92. The van der Waals surface area contributed by atoms with E-state index in [2.05, 4.69) is 17.0 Å². The number of aromatic nitrogens is 3. The summed E-state index contributed by atoms with van der Waals surface area (Å²) in [6.45, 7) is 2.93. The minimum atomic E-state index is 0.757. The molecule has 2 N–H and O–H groups in total. The molecule has 2 aromatic heterocycles. The van der Waals surface area contributed by atoms with Gasteiger partial charge in [0.25, 0.3) is 0 Å². The van der Waals surface area contributed by atoms with Gasteiger partial charge in [0.1, 0.15) is 5.01 Å². The molecule has 0 fully saturated rings. The van der Waals surface area contributed by atoms with Crippen molar-refractivity contribution in [2.45, 2.75) is 13.5 Å². The third-order valence-corrected chi connectivity index (χ3v) is 3.82. The molecule has 1 aromatic carbocycles. The summed E-state index contributed by atoms with van der Waals surface area (Å²) in [7, 11) is 0. The third kappa shape index (κ3) is 2.24. The van der Waals surface area contributed by atoms with Crippen LogP contribution in [0.1, 0.15) is 6.92 Å². The first-order chi connectivity index (χ1) is 9.28. The van der Waals surface area contributed by atoms with Gasteiger partial charge in [0.05, 0.1) is 11.9 Å². The topological polar surface area (TPSA) is 56.7 Å². The lowest BCUT2D eigenvalue weighted by molar-refractivity contribution is 0.660. The maximum absolute atomic E-state index is 5.98. The van der Waals surface area contributed by atoms with Gasteiger partial charge in [-0.3, -0.25) is 4.68 Å². The first-order valence-electron chi connectivity index (χ1n) is 6.11. The van der Waals surface area contributed by atoms with Crippen molar-refractivity contribution in [2.24, 2.45) is 0 Å². The molecule has 5 heteroatoms. The fourth-order valence-corrected chi connectivity index (χ4v) is 2.77. The molecule has 0 aliphatic rings. The van der Waals surface area contributed by atoms with Gasteiger partial charge in [0, 0.05) is 34.9 Å². The van der Waals surface area contributed by atoms with Crippen LogP contribution in [0.2, 0.25) is 0 Å². The number of nitrogens with zero attached hydrogens (tertiary/aromatic N) is 3. The van der Waals surface area contributed by atoms with Crippen LogP contribution >= 0.6 is 11.3 Å². The highest BCUT2D eigenvalue weighted by Crippen LogP contribution is 2.31. The van der Waals surface area contributed by atoms with Gasteiger partial charge >= 0.3 is 0 Å². The number of anilines is 1.